The van der Waals surface area contributed by atoms with Crippen LogP contribution in [-0.2, 0) is 11.3 Å². The summed E-state index contributed by atoms with van der Waals surface area (Å²) in [7, 11) is 1.35. The van der Waals surface area contributed by atoms with Crippen LogP contribution in [0.15, 0.2) is 42.5 Å². The Morgan fingerprint density at radius 3 is 2.67 bits per heavy atom. The number of rotatable bonds is 5. The van der Waals surface area contributed by atoms with Crippen LogP contribution >= 0.6 is 11.3 Å². The number of carbonyl (C=O) groups excluding carboxylic acids is 1. The highest BCUT2D eigenvalue weighted by molar-refractivity contribution is 7.14. The van der Waals surface area contributed by atoms with Crippen LogP contribution in [0.25, 0.3) is 10.6 Å². The van der Waals surface area contributed by atoms with Gasteiger partial charge in [0.15, 0.2) is 0 Å². The highest BCUT2D eigenvalue weighted by Crippen LogP contribution is 2.23. The summed E-state index contributed by atoms with van der Waals surface area (Å²) >= 11 is 1.53. The molecule has 0 aliphatic carbocycles. The maximum atomic E-state index is 11.6. The molecule has 0 atom stereocenters. The van der Waals surface area contributed by atoms with Crippen molar-refractivity contribution in [2.45, 2.75) is 13.5 Å². The molecule has 0 bridgehead atoms. The maximum Gasteiger partial charge on any atom is 0.339 e. The number of hydrogen-bond acceptors (Lipinski definition) is 7. The summed E-state index contributed by atoms with van der Waals surface area (Å²) in [5.74, 6) is 0.291. The van der Waals surface area contributed by atoms with Crippen molar-refractivity contribution in [1.29, 1.82) is 0 Å². The molecule has 0 fully saturated rings. The van der Waals surface area contributed by atoms with Crippen LogP contribution in [0.5, 0.6) is 0 Å². The highest BCUT2D eigenvalue weighted by atomic mass is 32.1. The van der Waals surface area contributed by atoms with Gasteiger partial charge in [0.1, 0.15) is 15.8 Å². The number of anilines is 1. The molecule has 0 amide bonds. The van der Waals surface area contributed by atoms with Crippen molar-refractivity contribution in [2.75, 3.05) is 12.4 Å². The van der Waals surface area contributed by atoms with Gasteiger partial charge in [0.2, 0.25) is 0 Å². The van der Waals surface area contributed by atoms with Crippen molar-refractivity contribution in [1.82, 2.24) is 15.2 Å². The van der Waals surface area contributed by atoms with E-state index in [4.69, 9.17) is 4.74 Å². The predicted molar refractivity (Wildman–Crippen MR) is 93.0 cm³/mol. The average molecular weight is 340 g/mol. The largest absolute Gasteiger partial charge is 0.465 e. The number of ether oxygens (including phenoxy) is 1. The molecule has 122 valence electrons. The molecule has 1 N–H and O–H groups in total. The Morgan fingerprint density at radius 1 is 1.17 bits per heavy atom. The van der Waals surface area contributed by atoms with Gasteiger partial charge in [-0.3, -0.25) is 0 Å². The Balaban J connectivity index is 1.67. The number of carbonyl (C=O) groups is 1. The summed E-state index contributed by atoms with van der Waals surface area (Å²) in [6, 6.07) is 13.4. The Labute approximate surface area is 143 Å². The van der Waals surface area contributed by atoms with Crippen molar-refractivity contribution in [2.24, 2.45) is 0 Å². The van der Waals surface area contributed by atoms with E-state index in [2.05, 4.69) is 20.5 Å². The fraction of sp³-hybridized carbons (Fsp3) is 0.176. The topological polar surface area (TPSA) is 77.0 Å². The number of aryl methyl sites for hydroxylation is 1. The third-order valence-electron chi connectivity index (χ3n) is 3.40. The molecule has 3 aromatic rings. The van der Waals surface area contributed by atoms with Crippen LogP contribution in [0, 0.1) is 6.92 Å². The van der Waals surface area contributed by atoms with E-state index >= 15 is 0 Å². The van der Waals surface area contributed by atoms with Crippen molar-refractivity contribution < 1.29 is 9.53 Å². The van der Waals surface area contributed by atoms with E-state index in [-0.39, 0.29) is 5.97 Å². The molecule has 0 unspecified atom stereocenters. The lowest BCUT2D eigenvalue weighted by molar-refractivity contribution is 0.0599. The molecule has 2 aromatic heterocycles. The average Bonchev–Trinajstić information content (AvgIpc) is 3.09. The molecule has 24 heavy (non-hydrogen) atoms. The quantitative estimate of drug-likeness (QED) is 0.718. The number of aromatic nitrogens is 3. The molecule has 0 radical (unpaired) electrons. The first-order valence-electron chi connectivity index (χ1n) is 7.35. The first kappa shape index (κ1) is 16.1. The van der Waals surface area contributed by atoms with Crippen molar-refractivity contribution in [3.63, 3.8) is 0 Å². The number of nitrogens with one attached hydrogen (secondary N) is 1. The maximum absolute atomic E-state index is 11.6. The summed E-state index contributed by atoms with van der Waals surface area (Å²) in [6.45, 7) is 2.30. The molecule has 1 aromatic carbocycles. The highest BCUT2D eigenvalue weighted by Gasteiger charge is 2.11. The van der Waals surface area contributed by atoms with Crippen molar-refractivity contribution in [3.05, 3.63) is 58.7 Å². The number of benzene rings is 1. The van der Waals surface area contributed by atoms with Gasteiger partial charge in [-0.1, -0.05) is 41.7 Å². The van der Waals surface area contributed by atoms with Gasteiger partial charge in [-0.2, -0.15) is 0 Å². The second-order valence-electron chi connectivity index (χ2n) is 5.04. The Kier molecular flexibility index (Phi) is 4.81. The second kappa shape index (κ2) is 7.18. The van der Waals surface area contributed by atoms with E-state index in [1.165, 1.54) is 18.4 Å². The van der Waals surface area contributed by atoms with Crippen LogP contribution in [0.2, 0.25) is 0 Å². The SMILES string of the molecule is COC(=O)c1ccc(NCc2nnc(-c3ccccc3)s2)nc1C. The molecular weight excluding hydrogens is 324 g/mol. The van der Waals surface area contributed by atoms with Crippen LogP contribution in [0.4, 0.5) is 5.82 Å². The third kappa shape index (κ3) is 3.57. The van der Waals surface area contributed by atoms with Gasteiger partial charge >= 0.3 is 5.97 Å². The van der Waals surface area contributed by atoms with E-state index in [1.807, 2.05) is 30.3 Å². The molecule has 0 aliphatic rings. The zero-order chi connectivity index (χ0) is 16.9. The van der Waals surface area contributed by atoms with E-state index in [1.54, 1.807) is 19.1 Å². The first-order valence-corrected chi connectivity index (χ1v) is 8.16. The lowest BCUT2D eigenvalue weighted by Gasteiger charge is -2.07. The van der Waals surface area contributed by atoms with Crippen LogP contribution in [0.3, 0.4) is 0 Å². The summed E-state index contributed by atoms with van der Waals surface area (Å²) in [6.07, 6.45) is 0. The van der Waals surface area contributed by atoms with Gasteiger partial charge < -0.3 is 10.1 Å². The molecule has 7 heteroatoms. The van der Waals surface area contributed by atoms with Gasteiger partial charge in [-0.25, -0.2) is 9.78 Å². The fourth-order valence-corrected chi connectivity index (χ4v) is 2.96. The van der Waals surface area contributed by atoms with Crippen LogP contribution in [-0.4, -0.2) is 28.3 Å². The minimum atomic E-state index is -0.386. The lowest BCUT2D eigenvalue weighted by atomic mass is 10.2. The molecular formula is C17H16N4O2S. The number of esters is 1. The zero-order valence-electron chi connectivity index (χ0n) is 13.3. The number of nitrogens with zero attached hydrogens (tertiary/aromatic N) is 3. The smallest absolute Gasteiger partial charge is 0.339 e. The summed E-state index contributed by atoms with van der Waals surface area (Å²) in [5.41, 5.74) is 2.14. The van der Waals surface area contributed by atoms with Gasteiger partial charge in [0.25, 0.3) is 0 Å². The predicted octanol–water partition coefficient (Wildman–Crippen LogP) is 3.31. The Hall–Kier alpha value is -2.80. The summed E-state index contributed by atoms with van der Waals surface area (Å²) in [4.78, 5) is 15.9. The minimum absolute atomic E-state index is 0.386. The number of hydrogen-bond donors (Lipinski definition) is 1. The number of pyridine rings is 1. The second-order valence-corrected chi connectivity index (χ2v) is 6.10. The van der Waals surface area contributed by atoms with E-state index in [9.17, 15) is 4.79 Å². The zero-order valence-corrected chi connectivity index (χ0v) is 14.1. The monoisotopic (exact) mass is 340 g/mol. The van der Waals surface area contributed by atoms with Crippen LogP contribution < -0.4 is 5.32 Å². The van der Waals surface area contributed by atoms with Crippen molar-refractivity contribution in [3.8, 4) is 10.6 Å². The standard InChI is InChI=1S/C17H16N4O2S/c1-11-13(17(22)23-2)8-9-14(19-11)18-10-15-20-21-16(24-15)12-6-4-3-5-7-12/h3-9H,10H2,1-2H3,(H,18,19). The van der Waals surface area contributed by atoms with Gasteiger partial charge in [0.05, 0.1) is 24.9 Å². The molecule has 3 rings (SSSR count). The summed E-state index contributed by atoms with van der Waals surface area (Å²) < 4.78 is 4.72. The first-order chi connectivity index (χ1) is 11.7. The molecule has 2 heterocycles. The Morgan fingerprint density at radius 2 is 1.96 bits per heavy atom. The number of methoxy groups -OCH3 is 1. The van der Waals surface area contributed by atoms with Gasteiger partial charge in [-0.15, -0.1) is 10.2 Å². The van der Waals surface area contributed by atoms with Gasteiger partial charge in [-0.05, 0) is 19.1 Å². The van der Waals surface area contributed by atoms with Crippen molar-refractivity contribution >= 4 is 23.1 Å². The fourth-order valence-electron chi connectivity index (χ4n) is 2.17. The summed E-state index contributed by atoms with van der Waals surface area (Å²) in [5, 5.41) is 13.4. The molecule has 0 saturated carbocycles. The lowest BCUT2D eigenvalue weighted by Crippen LogP contribution is -2.07. The van der Waals surface area contributed by atoms with E-state index in [0.29, 0.717) is 23.6 Å². The normalized spacial score (nSPS) is 10.4. The molecule has 6 nitrogen and oxygen atoms in total. The molecule has 0 aliphatic heterocycles. The third-order valence-corrected chi connectivity index (χ3v) is 4.37. The molecule has 0 spiro atoms. The Bertz CT molecular complexity index is 849. The van der Waals surface area contributed by atoms with E-state index < -0.39 is 0 Å². The van der Waals surface area contributed by atoms with Gasteiger partial charge in [0, 0.05) is 5.56 Å². The van der Waals surface area contributed by atoms with E-state index in [0.717, 1.165) is 15.6 Å². The minimum Gasteiger partial charge on any atom is -0.465 e. The van der Waals surface area contributed by atoms with Crippen LogP contribution in [0.1, 0.15) is 21.1 Å². The molecule has 0 saturated heterocycles.